The molecule has 0 unspecified atom stereocenters. The first-order valence-electron chi connectivity index (χ1n) is 7.79. The second kappa shape index (κ2) is 7.97. The number of aliphatic hydroxyl groups is 2. The van der Waals surface area contributed by atoms with Crippen LogP contribution in [0.1, 0.15) is 41.2 Å². The van der Waals surface area contributed by atoms with E-state index in [2.05, 4.69) is 0 Å². The van der Waals surface area contributed by atoms with Gasteiger partial charge in [0.15, 0.2) is 5.75 Å². The zero-order valence-corrected chi connectivity index (χ0v) is 13.0. The van der Waals surface area contributed by atoms with Crippen LogP contribution < -0.4 is 0 Å². The van der Waals surface area contributed by atoms with Gasteiger partial charge in [-0.05, 0) is 59.6 Å². The topological polar surface area (TPSA) is 60.4 Å². The molecule has 0 saturated heterocycles. The van der Waals surface area contributed by atoms with Crippen molar-refractivity contribution in [3.8, 4) is 5.75 Å². The number of hydrogen-bond donors (Lipinski definition) is 2. The first-order valence-corrected chi connectivity index (χ1v) is 7.79. The Morgan fingerprint density at radius 1 is 0.818 bits per heavy atom. The SMILES string of the molecule is CCc1cc(CCCc2ccc(CO)c(CO)c2)ccc1[O]. The van der Waals surface area contributed by atoms with Crippen LogP contribution in [0.15, 0.2) is 36.4 Å². The van der Waals surface area contributed by atoms with Gasteiger partial charge in [0.1, 0.15) is 0 Å². The maximum Gasteiger partial charge on any atom is 0.181 e. The van der Waals surface area contributed by atoms with Crippen LogP contribution in [0, 0.1) is 0 Å². The molecule has 0 amide bonds. The Balaban J connectivity index is 1.96. The molecular weight excluding hydrogens is 276 g/mol. The third-order valence-corrected chi connectivity index (χ3v) is 4.05. The number of aryl methyl sites for hydroxylation is 3. The lowest BCUT2D eigenvalue weighted by molar-refractivity contribution is 0.260. The standard InChI is InChI=1S/C19H23O3/c1-2-16-10-15(7-9-19(16)22)5-3-4-14-6-8-17(12-20)18(11-14)13-21/h6-11,20-21H,2-5,12-13H2,1H3. The average Bonchev–Trinajstić information content (AvgIpc) is 2.56. The van der Waals surface area contributed by atoms with Crippen LogP contribution in [0.25, 0.3) is 0 Å². The minimum atomic E-state index is -0.0471. The van der Waals surface area contributed by atoms with Crippen molar-refractivity contribution in [2.45, 2.75) is 45.8 Å². The van der Waals surface area contributed by atoms with Gasteiger partial charge in [-0.1, -0.05) is 37.3 Å². The molecule has 2 rings (SSSR count). The van der Waals surface area contributed by atoms with Crippen molar-refractivity contribution >= 4 is 0 Å². The molecule has 0 spiro atoms. The largest absolute Gasteiger partial charge is 0.392 e. The smallest absolute Gasteiger partial charge is 0.181 e. The second-order valence-corrected chi connectivity index (χ2v) is 5.57. The monoisotopic (exact) mass is 299 g/mol. The number of rotatable bonds is 7. The Morgan fingerprint density at radius 3 is 2.00 bits per heavy atom. The highest BCUT2D eigenvalue weighted by Gasteiger charge is 2.05. The summed E-state index contributed by atoms with van der Waals surface area (Å²) in [4.78, 5) is 0. The zero-order chi connectivity index (χ0) is 15.9. The molecule has 0 aromatic heterocycles. The summed E-state index contributed by atoms with van der Waals surface area (Å²) in [7, 11) is 0. The van der Waals surface area contributed by atoms with Crippen LogP contribution in [0.2, 0.25) is 0 Å². The van der Waals surface area contributed by atoms with Crippen LogP contribution >= 0.6 is 0 Å². The molecule has 3 nitrogen and oxygen atoms in total. The summed E-state index contributed by atoms with van der Waals surface area (Å²) < 4.78 is 0. The summed E-state index contributed by atoms with van der Waals surface area (Å²) in [5.74, 6) is 0.124. The summed E-state index contributed by atoms with van der Waals surface area (Å²) in [6, 6.07) is 11.4. The van der Waals surface area contributed by atoms with Gasteiger partial charge in [0.25, 0.3) is 0 Å². The first-order chi connectivity index (χ1) is 10.7. The van der Waals surface area contributed by atoms with Gasteiger partial charge in [-0.15, -0.1) is 0 Å². The molecule has 0 saturated carbocycles. The summed E-state index contributed by atoms with van der Waals surface area (Å²) >= 11 is 0. The molecule has 0 bridgehead atoms. The zero-order valence-electron chi connectivity index (χ0n) is 13.0. The Hall–Kier alpha value is -1.84. The van der Waals surface area contributed by atoms with Gasteiger partial charge in [-0.25, -0.2) is 0 Å². The van der Waals surface area contributed by atoms with E-state index in [1.165, 1.54) is 5.56 Å². The van der Waals surface area contributed by atoms with E-state index < -0.39 is 0 Å². The van der Waals surface area contributed by atoms with Gasteiger partial charge in [0.05, 0.1) is 13.2 Å². The summed E-state index contributed by atoms with van der Waals surface area (Å²) in [5, 5.41) is 30.1. The van der Waals surface area contributed by atoms with Crippen molar-refractivity contribution in [2.75, 3.05) is 0 Å². The molecule has 0 fully saturated rings. The van der Waals surface area contributed by atoms with Crippen LogP contribution in [0.4, 0.5) is 0 Å². The normalized spacial score (nSPS) is 10.9. The van der Waals surface area contributed by atoms with Crippen molar-refractivity contribution in [3.63, 3.8) is 0 Å². The van der Waals surface area contributed by atoms with Crippen LogP contribution in [0.3, 0.4) is 0 Å². The molecular formula is C19H23O3. The van der Waals surface area contributed by atoms with Gasteiger partial charge in [0.2, 0.25) is 0 Å². The molecule has 1 radical (unpaired) electrons. The van der Waals surface area contributed by atoms with Gasteiger partial charge < -0.3 is 10.2 Å². The minimum absolute atomic E-state index is 0.0441. The molecule has 0 aliphatic carbocycles. The molecule has 2 aromatic rings. The highest BCUT2D eigenvalue weighted by atomic mass is 16.3. The fourth-order valence-corrected chi connectivity index (χ4v) is 2.70. The van der Waals surface area contributed by atoms with Gasteiger partial charge in [-0.3, -0.25) is 5.11 Å². The first kappa shape index (κ1) is 16.5. The molecule has 2 N–H and O–H groups in total. The highest BCUT2D eigenvalue weighted by Crippen LogP contribution is 2.21. The van der Waals surface area contributed by atoms with Crippen LogP contribution in [0.5, 0.6) is 5.75 Å². The predicted molar refractivity (Wildman–Crippen MR) is 86.3 cm³/mol. The lowest BCUT2D eigenvalue weighted by Gasteiger charge is -2.09. The molecule has 2 aromatic carbocycles. The van der Waals surface area contributed by atoms with E-state index in [1.807, 2.05) is 37.3 Å². The van der Waals surface area contributed by atoms with Crippen molar-refractivity contribution in [2.24, 2.45) is 0 Å². The fraction of sp³-hybridized carbons (Fsp3) is 0.368. The molecule has 0 heterocycles. The lowest BCUT2D eigenvalue weighted by atomic mass is 9.98. The second-order valence-electron chi connectivity index (χ2n) is 5.57. The Labute approximate surface area is 131 Å². The lowest BCUT2D eigenvalue weighted by Crippen LogP contribution is -1.97. The molecule has 3 heteroatoms. The van der Waals surface area contributed by atoms with Crippen molar-refractivity contribution in [3.05, 3.63) is 64.2 Å². The van der Waals surface area contributed by atoms with E-state index in [0.717, 1.165) is 47.9 Å². The van der Waals surface area contributed by atoms with Crippen molar-refractivity contribution in [1.82, 2.24) is 0 Å². The van der Waals surface area contributed by atoms with Gasteiger partial charge in [0, 0.05) is 0 Å². The molecule has 0 aliphatic heterocycles. The van der Waals surface area contributed by atoms with E-state index in [9.17, 15) is 15.3 Å². The third-order valence-electron chi connectivity index (χ3n) is 4.05. The van der Waals surface area contributed by atoms with Crippen LogP contribution in [-0.2, 0) is 37.6 Å². The Bertz CT molecular complexity index is 620. The highest BCUT2D eigenvalue weighted by molar-refractivity contribution is 5.36. The maximum absolute atomic E-state index is 11.6. The van der Waals surface area contributed by atoms with Crippen molar-refractivity contribution < 1.29 is 15.3 Å². The van der Waals surface area contributed by atoms with E-state index in [1.54, 1.807) is 6.07 Å². The number of hydrogen-bond acceptors (Lipinski definition) is 2. The van der Waals surface area contributed by atoms with Crippen LogP contribution in [-0.4, -0.2) is 10.2 Å². The average molecular weight is 299 g/mol. The summed E-state index contributed by atoms with van der Waals surface area (Å²) in [6.45, 7) is 1.91. The Morgan fingerprint density at radius 2 is 1.41 bits per heavy atom. The van der Waals surface area contributed by atoms with E-state index in [-0.39, 0.29) is 19.0 Å². The van der Waals surface area contributed by atoms with E-state index in [4.69, 9.17) is 0 Å². The van der Waals surface area contributed by atoms with Gasteiger partial charge >= 0.3 is 0 Å². The predicted octanol–water partition coefficient (Wildman–Crippen LogP) is 3.55. The number of aliphatic hydroxyl groups excluding tert-OH is 2. The van der Waals surface area contributed by atoms with E-state index >= 15 is 0 Å². The van der Waals surface area contributed by atoms with E-state index in [0.29, 0.717) is 0 Å². The molecule has 22 heavy (non-hydrogen) atoms. The third kappa shape index (κ3) is 4.09. The molecule has 117 valence electrons. The van der Waals surface area contributed by atoms with Crippen molar-refractivity contribution in [1.29, 1.82) is 0 Å². The molecule has 0 aliphatic rings. The maximum atomic E-state index is 11.6. The summed E-state index contributed by atoms with van der Waals surface area (Å²) in [5.41, 5.74) is 4.82. The summed E-state index contributed by atoms with van der Waals surface area (Å²) in [6.07, 6.45) is 3.61. The number of benzene rings is 2. The Kier molecular flexibility index (Phi) is 5.99. The molecule has 0 atom stereocenters. The minimum Gasteiger partial charge on any atom is -0.392 e. The van der Waals surface area contributed by atoms with Gasteiger partial charge in [-0.2, -0.15) is 0 Å². The fourth-order valence-electron chi connectivity index (χ4n) is 2.70. The quantitative estimate of drug-likeness (QED) is 0.821.